The molecule has 19 heavy (non-hydrogen) atoms. The summed E-state index contributed by atoms with van der Waals surface area (Å²) in [5.74, 6) is -0.459. The zero-order chi connectivity index (χ0) is 14.0. The highest BCUT2D eigenvalue weighted by atomic mass is 79.9. The van der Waals surface area contributed by atoms with E-state index < -0.39 is 5.97 Å². The largest absolute Gasteiger partial charge is 0.478 e. The number of aromatic carboxylic acids is 1. The molecule has 0 spiro atoms. The number of carbonyl (C=O) groups is 2. The summed E-state index contributed by atoms with van der Waals surface area (Å²) in [7, 11) is 0. The summed E-state index contributed by atoms with van der Waals surface area (Å²) in [5, 5.41) is 14.4. The minimum Gasteiger partial charge on any atom is -0.478 e. The molecule has 1 saturated carbocycles. The molecule has 0 radical (unpaired) electrons. The van der Waals surface area contributed by atoms with Crippen LogP contribution in [0.5, 0.6) is 0 Å². The van der Waals surface area contributed by atoms with E-state index in [2.05, 4.69) is 26.6 Å². The van der Waals surface area contributed by atoms with Gasteiger partial charge in [0.25, 0.3) is 0 Å². The molecule has 0 saturated heterocycles. The highest BCUT2D eigenvalue weighted by molar-refractivity contribution is 9.10. The Labute approximate surface area is 119 Å². The monoisotopic (exact) mass is 326 g/mol. The van der Waals surface area contributed by atoms with E-state index >= 15 is 0 Å². The lowest BCUT2D eigenvalue weighted by molar-refractivity contribution is 0.0697. The molecule has 5 nitrogen and oxygen atoms in total. The Morgan fingerprint density at radius 3 is 2.63 bits per heavy atom. The van der Waals surface area contributed by atoms with Crippen molar-refractivity contribution in [2.45, 2.75) is 25.8 Å². The zero-order valence-corrected chi connectivity index (χ0v) is 12.0. The average Bonchev–Trinajstić information content (AvgIpc) is 3.11. The number of carboxylic acids is 1. The van der Waals surface area contributed by atoms with E-state index in [1.165, 1.54) is 12.1 Å². The topological polar surface area (TPSA) is 78.4 Å². The van der Waals surface area contributed by atoms with Gasteiger partial charge in [-0.1, -0.05) is 15.9 Å². The zero-order valence-electron chi connectivity index (χ0n) is 10.4. The van der Waals surface area contributed by atoms with E-state index in [-0.39, 0.29) is 17.6 Å². The molecule has 1 aromatic rings. The third-order valence-electron chi connectivity index (χ3n) is 3.09. The minimum absolute atomic E-state index is 0.125. The van der Waals surface area contributed by atoms with E-state index in [1.54, 1.807) is 6.07 Å². The number of benzene rings is 1. The molecule has 102 valence electrons. The second-order valence-electron chi connectivity index (χ2n) is 4.76. The van der Waals surface area contributed by atoms with Gasteiger partial charge < -0.3 is 15.7 Å². The molecule has 1 aliphatic rings. The van der Waals surface area contributed by atoms with Crippen LogP contribution in [-0.2, 0) is 0 Å². The lowest BCUT2D eigenvalue weighted by Gasteiger charge is -2.14. The first kappa shape index (κ1) is 13.9. The van der Waals surface area contributed by atoms with E-state index in [4.69, 9.17) is 5.11 Å². The lowest BCUT2D eigenvalue weighted by Crippen LogP contribution is -2.37. The number of halogens is 1. The molecule has 1 fully saturated rings. The van der Waals surface area contributed by atoms with Crippen LogP contribution in [0.4, 0.5) is 10.5 Å². The van der Waals surface area contributed by atoms with Crippen molar-refractivity contribution >= 4 is 33.6 Å². The Kier molecular flexibility index (Phi) is 4.09. The van der Waals surface area contributed by atoms with Gasteiger partial charge in [0.05, 0.1) is 5.56 Å². The van der Waals surface area contributed by atoms with Gasteiger partial charge in [-0.25, -0.2) is 9.59 Å². The van der Waals surface area contributed by atoms with Gasteiger partial charge >= 0.3 is 12.0 Å². The molecule has 2 rings (SSSR count). The van der Waals surface area contributed by atoms with Gasteiger partial charge in [-0.15, -0.1) is 0 Å². The number of anilines is 1. The predicted octanol–water partition coefficient (Wildman–Crippen LogP) is 3.07. The Hall–Kier alpha value is -1.56. The Morgan fingerprint density at radius 1 is 1.37 bits per heavy atom. The van der Waals surface area contributed by atoms with Crippen molar-refractivity contribution in [1.82, 2.24) is 5.32 Å². The van der Waals surface area contributed by atoms with E-state index in [0.717, 1.165) is 12.8 Å². The van der Waals surface area contributed by atoms with Gasteiger partial charge in [0.15, 0.2) is 0 Å². The molecule has 0 aliphatic heterocycles. The van der Waals surface area contributed by atoms with Crippen LogP contribution in [-0.4, -0.2) is 23.1 Å². The molecule has 3 N–H and O–H groups in total. The highest BCUT2D eigenvalue weighted by Crippen LogP contribution is 2.32. The number of carbonyl (C=O) groups excluding carboxylic acids is 1. The summed E-state index contributed by atoms with van der Waals surface area (Å²) in [6.07, 6.45) is 2.31. The van der Waals surface area contributed by atoms with Crippen LogP contribution in [0.15, 0.2) is 22.7 Å². The van der Waals surface area contributed by atoms with Gasteiger partial charge in [-0.3, -0.25) is 0 Å². The second kappa shape index (κ2) is 5.61. The summed E-state index contributed by atoms with van der Waals surface area (Å²) in [5.41, 5.74) is 0.576. The molecular weight excluding hydrogens is 312 g/mol. The Bertz CT molecular complexity index is 515. The third kappa shape index (κ3) is 3.96. The number of hydrogen-bond acceptors (Lipinski definition) is 2. The molecule has 1 atom stereocenters. The van der Waals surface area contributed by atoms with Crippen LogP contribution in [0.25, 0.3) is 0 Å². The standard InChI is InChI=1S/C13H15BrN2O3/c1-7(8-2-3-8)15-13(19)16-11-5-9(12(17)18)4-10(14)6-11/h4-8H,2-3H2,1H3,(H,17,18)(H2,15,16,19). The number of amides is 2. The maximum atomic E-state index is 11.8. The summed E-state index contributed by atoms with van der Waals surface area (Å²) < 4.78 is 0.609. The average molecular weight is 327 g/mol. The second-order valence-corrected chi connectivity index (χ2v) is 5.67. The SMILES string of the molecule is CC(NC(=O)Nc1cc(Br)cc(C(=O)O)c1)C1CC1. The van der Waals surface area contributed by atoms with Crippen molar-refractivity contribution in [2.75, 3.05) is 5.32 Å². The Morgan fingerprint density at radius 2 is 2.05 bits per heavy atom. The number of rotatable bonds is 4. The van der Waals surface area contributed by atoms with Crippen LogP contribution in [0.1, 0.15) is 30.1 Å². The summed E-state index contributed by atoms with van der Waals surface area (Å²) in [6.45, 7) is 1.97. The van der Waals surface area contributed by atoms with Gasteiger partial charge in [0, 0.05) is 16.2 Å². The number of hydrogen-bond donors (Lipinski definition) is 3. The van der Waals surface area contributed by atoms with Crippen molar-refractivity contribution in [2.24, 2.45) is 5.92 Å². The first-order valence-corrected chi connectivity index (χ1v) is 6.86. The molecule has 0 aromatic heterocycles. The Balaban J connectivity index is 2.01. The summed E-state index contributed by atoms with van der Waals surface area (Å²) in [6, 6.07) is 4.40. The lowest BCUT2D eigenvalue weighted by atomic mass is 10.2. The molecule has 6 heteroatoms. The van der Waals surface area contributed by atoms with Crippen LogP contribution >= 0.6 is 15.9 Å². The third-order valence-corrected chi connectivity index (χ3v) is 3.55. The molecule has 1 aliphatic carbocycles. The maximum absolute atomic E-state index is 11.8. The van der Waals surface area contributed by atoms with Crippen LogP contribution in [0.2, 0.25) is 0 Å². The molecule has 0 heterocycles. The van der Waals surface area contributed by atoms with Crippen LogP contribution < -0.4 is 10.6 Å². The van der Waals surface area contributed by atoms with Crippen molar-refractivity contribution in [3.05, 3.63) is 28.2 Å². The predicted molar refractivity (Wildman–Crippen MR) is 75.4 cm³/mol. The fraction of sp³-hybridized carbons (Fsp3) is 0.385. The fourth-order valence-corrected chi connectivity index (χ4v) is 2.37. The van der Waals surface area contributed by atoms with Crippen molar-refractivity contribution in [3.8, 4) is 0 Å². The van der Waals surface area contributed by atoms with E-state index in [9.17, 15) is 9.59 Å². The van der Waals surface area contributed by atoms with E-state index in [1.807, 2.05) is 6.92 Å². The highest BCUT2D eigenvalue weighted by Gasteiger charge is 2.28. The maximum Gasteiger partial charge on any atom is 0.335 e. The van der Waals surface area contributed by atoms with Gasteiger partial charge in [-0.2, -0.15) is 0 Å². The number of carboxylic acid groups (broad SMARTS) is 1. The van der Waals surface area contributed by atoms with E-state index in [0.29, 0.717) is 16.1 Å². The van der Waals surface area contributed by atoms with Gasteiger partial charge in [-0.05, 0) is 43.9 Å². The fourth-order valence-electron chi connectivity index (χ4n) is 1.87. The molecule has 1 unspecified atom stereocenters. The van der Waals surface area contributed by atoms with Crippen LogP contribution in [0.3, 0.4) is 0 Å². The normalized spacial score (nSPS) is 15.7. The van der Waals surface area contributed by atoms with Gasteiger partial charge in [0.2, 0.25) is 0 Å². The first-order chi connectivity index (χ1) is 8.95. The molecule has 0 bridgehead atoms. The smallest absolute Gasteiger partial charge is 0.335 e. The molecule has 1 aromatic carbocycles. The van der Waals surface area contributed by atoms with Crippen molar-refractivity contribution in [3.63, 3.8) is 0 Å². The van der Waals surface area contributed by atoms with Crippen molar-refractivity contribution < 1.29 is 14.7 Å². The minimum atomic E-state index is -1.03. The quantitative estimate of drug-likeness (QED) is 0.795. The first-order valence-electron chi connectivity index (χ1n) is 6.07. The summed E-state index contributed by atoms with van der Waals surface area (Å²) >= 11 is 3.22. The number of urea groups is 1. The molecule has 2 amide bonds. The summed E-state index contributed by atoms with van der Waals surface area (Å²) in [4.78, 5) is 22.7. The molecular formula is C13H15BrN2O3. The van der Waals surface area contributed by atoms with Gasteiger partial charge in [0.1, 0.15) is 0 Å². The van der Waals surface area contributed by atoms with Crippen molar-refractivity contribution in [1.29, 1.82) is 0 Å². The van der Waals surface area contributed by atoms with Crippen LogP contribution in [0, 0.1) is 5.92 Å². The number of nitrogens with one attached hydrogen (secondary N) is 2.